The van der Waals surface area contributed by atoms with Gasteiger partial charge in [-0.2, -0.15) is 0 Å². The van der Waals surface area contributed by atoms with E-state index < -0.39 is 5.54 Å². The van der Waals surface area contributed by atoms with E-state index in [-0.39, 0.29) is 5.91 Å². The second-order valence-corrected chi connectivity index (χ2v) is 8.79. The van der Waals surface area contributed by atoms with Crippen molar-refractivity contribution in [3.8, 4) is 0 Å². The number of nitrogens with zero attached hydrogens (tertiary/aromatic N) is 2. The molecule has 0 saturated carbocycles. The van der Waals surface area contributed by atoms with Crippen molar-refractivity contribution >= 4 is 33.4 Å². The number of para-hydroxylation sites is 3. The van der Waals surface area contributed by atoms with Crippen LogP contribution in [0, 0.1) is 0 Å². The first-order valence-corrected chi connectivity index (χ1v) is 11.7. The van der Waals surface area contributed by atoms with Gasteiger partial charge >= 0.3 is 0 Å². The van der Waals surface area contributed by atoms with E-state index in [1.165, 1.54) is 16.3 Å². The zero-order chi connectivity index (χ0) is 22.4. The summed E-state index contributed by atoms with van der Waals surface area (Å²) in [4.78, 5) is 16.8. The highest BCUT2D eigenvalue weighted by Crippen LogP contribution is 2.42. The van der Waals surface area contributed by atoms with Gasteiger partial charge in [0.1, 0.15) is 5.54 Å². The number of anilines is 1. The minimum absolute atomic E-state index is 0.132. The normalized spacial score (nSPS) is 15.0. The van der Waals surface area contributed by atoms with Crippen LogP contribution in [0.2, 0.25) is 0 Å². The molecule has 0 spiro atoms. The Morgan fingerprint density at radius 3 is 2.00 bits per heavy atom. The summed E-state index contributed by atoms with van der Waals surface area (Å²) < 4.78 is 2.30. The predicted octanol–water partition coefficient (Wildman–Crippen LogP) is 6.54. The van der Waals surface area contributed by atoms with Gasteiger partial charge in [0.25, 0.3) is 5.91 Å². The summed E-state index contributed by atoms with van der Waals surface area (Å²) in [7, 11) is 0. The van der Waals surface area contributed by atoms with E-state index >= 15 is 0 Å². The Labute approximate surface area is 193 Å². The number of rotatable bonds is 4. The first-order chi connectivity index (χ1) is 16.3. The Kier molecular flexibility index (Phi) is 4.58. The molecule has 1 aliphatic heterocycles. The summed E-state index contributed by atoms with van der Waals surface area (Å²) in [5.74, 6) is 0.132. The van der Waals surface area contributed by atoms with E-state index in [1.54, 1.807) is 0 Å². The summed E-state index contributed by atoms with van der Waals surface area (Å²) in [6.07, 6.45) is 1.54. The van der Waals surface area contributed by atoms with E-state index in [9.17, 15) is 4.79 Å². The Hall–Kier alpha value is -3.85. The van der Waals surface area contributed by atoms with Crippen LogP contribution >= 0.6 is 0 Å². The predicted molar refractivity (Wildman–Crippen MR) is 136 cm³/mol. The molecule has 33 heavy (non-hydrogen) atoms. The average molecular weight is 431 g/mol. The topological polar surface area (TPSA) is 25.2 Å². The Balaban J connectivity index is 1.70. The van der Waals surface area contributed by atoms with Crippen molar-refractivity contribution < 1.29 is 4.79 Å². The van der Waals surface area contributed by atoms with Crippen molar-refractivity contribution in [1.82, 2.24) is 4.57 Å². The van der Waals surface area contributed by atoms with Crippen LogP contribution in [0.25, 0.3) is 21.8 Å². The third kappa shape index (κ3) is 2.78. The standard InChI is InChI=1S/C30H26N2O/c1-2-30(23-13-4-3-5-14-23,29(33)31-21-20-22-12-6-9-17-26(22)31)32-27-18-10-7-15-24(27)25-16-8-11-19-28(25)32/h3-19H,2,20-21H2,1H3. The molecule has 4 aromatic carbocycles. The molecule has 0 bridgehead atoms. The number of hydrogen-bond acceptors (Lipinski definition) is 1. The largest absolute Gasteiger partial charge is 0.321 e. The fourth-order valence-corrected chi connectivity index (χ4v) is 5.68. The second kappa shape index (κ2) is 7.63. The van der Waals surface area contributed by atoms with Crippen molar-refractivity contribution in [2.24, 2.45) is 0 Å². The van der Waals surface area contributed by atoms with Crippen LogP contribution in [0.4, 0.5) is 5.69 Å². The molecule has 5 aromatic rings. The zero-order valence-electron chi connectivity index (χ0n) is 18.7. The number of carbonyl (C=O) groups excluding carboxylic acids is 1. The van der Waals surface area contributed by atoms with Crippen LogP contribution in [0.15, 0.2) is 103 Å². The molecule has 3 heteroatoms. The first-order valence-electron chi connectivity index (χ1n) is 11.7. The summed E-state index contributed by atoms with van der Waals surface area (Å²) >= 11 is 0. The SMILES string of the molecule is CCC(C(=O)N1CCc2ccccc21)(c1ccccc1)n1c2ccccc2c2ccccc21. The summed E-state index contributed by atoms with van der Waals surface area (Å²) in [5, 5.41) is 2.35. The molecule has 6 rings (SSSR count). The fraction of sp³-hybridized carbons (Fsp3) is 0.167. The van der Waals surface area contributed by atoms with Crippen molar-refractivity contribution in [1.29, 1.82) is 0 Å². The third-order valence-corrected chi connectivity index (χ3v) is 7.21. The van der Waals surface area contributed by atoms with Gasteiger partial charge in [0.05, 0.1) is 11.0 Å². The van der Waals surface area contributed by atoms with E-state index in [2.05, 4.69) is 90.4 Å². The van der Waals surface area contributed by atoms with E-state index in [0.29, 0.717) is 13.0 Å². The number of hydrogen-bond donors (Lipinski definition) is 0. The van der Waals surface area contributed by atoms with E-state index in [1.807, 2.05) is 29.2 Å². The molecule has 1 amide bonds. The van der Waals surface area contributed by atoms with Crippen LogP contribution in [0.1, 0.15) is 24.5 Å². The average Bonchev–Trinajstić information content (AvgIpc) is 3.46. The molecular formula is C30H26N2O. The highest BCUT2D eigenvalue weighted by atomic mass is 16.2. The second-order valence-electron chi connectivity index (χ2n) is 8.79. The lowest BCUT2D eigenvalue weighted by Crippen LogP contribution is -2.51. The maximum Gasteiger partial charge on any atom is 0.257 e. The third-order valence-electron chi connectivity index (χ3n) is 7.21. The van der Waals surface area contributed by atoms with Gasteiger partial charge in [0.2, 0.25) is 0 Å². The van der Waals surface area contributed by atoms with Crippen LogP contribution < -0.4 is 4.90 Å². The van der Waals surface area contributed by atoms with Gasteiger partial charge in [-0.15, -0.1) is 0 Å². The lowest BCUT2D eigenvalue weighted by molar-refractivity contribution is -0.125. The molecule has 2 heterocycles. The highest BCUT2D eigenvalue weighted by Gasteiger charge is 2.46. The van der Waals surface area contributed by atoms with Crippen LogP contribution in [0.5, 0.6) is 0 Å². The van der Waals surface area contributed by atoms with E-state index in [4.69, 9.17) is 0 Å². The van der Waals surface area contributed by atoms with Gasteiger partial charge in [-0.25, -0.2) is 0 Å². The van der Waals surface area contributed by atoms with Gasteiger partial charge in [-0.1, -0.05) is 91.9 Å². The minimum atomic E-state index is -0.860. The van der Waals surface area contributed by atoms with Gasteiger partial charge in [0, 0.05) is 23.0 Å². The molecule has 0 N–H and O–H groups in total. The molecule has 3 nitrogen and oxygen atoms in total. The molecule has 1 atom stereocenters. The van der Waals surface area contributed by atoms with Crippen LogP contribution in [0.3, 0.4) is 0 Å². The minimum Gasteiger partial charge on any atom is -0.321 e. The number of carbonyl (C=O) groups is 1. The maximum absolute atomic E-state index is 14.8. The lowest BCUT2D eigenvalue weighted by Gasteiger charge is -2.38. The van der Waals surface area contributed by atoms with E-state index in [0.717, 1.165) is 28.7 Å². The lowest BCUT2D eigenvalue weighted by atomic mass is 9.84. The Morgan fingerprint density at radius 1 is 0.758 bits per heavy atom. The number of amides is 1. The highest BCUT2D eigenvalue weighted by molar-refractivity contribution is 6.11. The number of aromatic nitrogens is 1. The van der Waals surface area contributed by atoms with Crippen LogP contribution in [-0.2, 0) is 16.8 Å². The molecule has 0 fully saturated rings. The smallest absolute Gasteiger partial charge is 0.257 e. The Bertz CT molecular complexity index is 1430. The molecule has 0 saturated heterocycles. The molecule has 0 radical (unpaired) electrons. The fourth-order valence-electron chi connectivity index (χ4n) is 5.68. The molecule has 1 aliphatic rings. The quantitative estimate of drug-likeness (QED) is 0.318. The van der Waals surface area contributed by atoms with Gasteiger partial charge < -0.3 is 9.47 Å². The van der Waals surface area contributed by atoms with Gasteiger partial charge in [0.15, 0.2) is 0 Å². The maximum atomic E-state index is 14.8. The molecule has 1 unspecified atom stereocenters. The van der Waals surface area contributed by atoms with Crippen molar-refractivity contribution in [3.63, 3.8) is 0 Å². The van der Waals surface area contributed by atoms with Crippen molar-refractivity contribution in [2.75, 3.05) is 11.4 Å². The monoisotopic (exact) mass is 430 g/mol. The first kappa shape index (κ1) is 19.8. The summed E-state index contributed by atoms with van der Waals surface area (Å²) in [6.45, 7) is 2.85. The molecule has 1 aromatic heterocycles. The number of fused-ring (bicyclic) bond motifs is 4. The Morgan fingerprint density at radius 2 is 1.33 bits per heavy atom. The molecular weight excluding hydrogens is 404 g/mol. The summed E-state index contributed by atoms with van der Waals surface area (Å²) in [5.41, 5.74) is 4.62. The van der Waals surface area contributed by atoms with Crippen LogP contribution in [-0.4, -0.2) is 17.0 Å². The van der Waals surface area contributed by atoms with Gasteiger partial charge in [-0.05, 0) is 42.2 Å². The van der Waals surface area contributed by atoms with Crippen molar-refractivity contribution in [2.45, 2.75) is 25.3 Å². The molecule has 162 valence electrons. The van der Waals surface area contributed by atoms with Gasteiger partial charge in [-0.3, -0.25) is 4.79 Å². The summed E-state index contributed by atoms with van der Waals surface area (Å²) in [6, 6.07) is 35.5. The zero-order valence-corrected chi connectivity index (χ0v) is 18.7. The number of benzene rings is 4. The van der Waals surface area contributed by atoms with Crippen molar-refractivity contribution in [3.05, 3.63) is 114 Å². The molecule has 0 aliphatic carbocycles.